The summed E-state index contributed by atoms with van der Waals surface area (Å²) in [7, 11) is 0. The van der Waals surface area contributed by atoms with Gasteiger partial charge < -0.3 is 9.64 Å². The average Bonchev–Trinajstić information content (AvgIpc) is 3.02. The molecule has 1 saturated heterocycles. The number of hydrogen-bond donors (Lipinski definition) is 0. The van der Waals surface area contributed by atoms with Crippen molar-refractivity contribution < 1.29 is 4.74 Å². The topological polar surface area (TPSA) is 55.5 Å². The van der Waals surface area contributed by atoms with E-state index in [4.69, 9.17) is 27.9 Å². The van der Waals surface area contributed by atoms with Crippen LogP contribution in [0.15, 0.2) is 30.5 Å². The molecule has 2 aromatic heterocycles. The molecule has 4 rings (SSSR count). The smallest absolute Gasteiger partial charge is 0.254 e. The van der Waals surface area contributed by atoms with Gasteiger partial charge >= 0.3 is 0 Å². The molecule has 3 aromatic rings. The number of anilines is 1. The van der Waals surface area contributed by atoms with Crippen molar-refractivity contribution in [3.05, 3.63) is 40.5 Å². The Hall–Kier alpha value is -1.89. The highest BCUT2D eigenvalue weighted by molar-refractivity contribution is 6.42. The van der Waals surface area contributed by atoms with Crippen molar-refractivity contribution in [2.24, 2.45) is 0 Å². The number of rotatable bonds is 2. The molecule has 23 heavy (non-hydrogen) atoms. The highest BCUT2D eigenvalue weighted by atomic mass is 35.5. The normalized spacial score (nSPS) is 15.3. The van der Waals surface area contributed by atoms with Crippen LogP contribution in [0.2, 0.25) is 10.0 Å². The molecule has 0 radical (unpaired) electrons. The average molecular weight is 350 g/mol. The third-order valence-corrected chi connectivity index (χ3v) is 4.48. The summed E-state index contributed by atoms with van der Waals surface area (Å²) in [6.45, 7) is 2.92. The molecule has 0 saturated carbocycles. The van der Waals surface area contributed by atoms with Gasteiger partial charge in [0, 0.05) is 24.8 Å². The summed E-state index contributed by atoms with van der Waals surface area (Å²) in [6.07, 6.45) is 1.71. The molecule has 0 bridgehead atoms. The molecule has 0 amide bonds. The zero-order chi connectivity index (χ0) is 15.8. The number of ether oxygens (including phenoxy) is 1. The van der Waals surface area contributed by atoms with Gasteiger partial charge in [0.25, 0.3) is 5.78 Å². The summed E-state index contributed by atoms with van der Waals surface area (Å²) >= 11 is 12.1. The third-order valence-electron chi connectivity index (χ3n) is 3.74. The van der Waals surface area contributed by atoms with Crippen molar-refractivity contribution in [3.63, 3.8) is 0 Å². The number of halogens is 2. The SMILES string of the molecule is Clc1ccc(-c2ccnc3nc(N4CCOCC4)nn23)cc1Cl. The van der Waals surface area contributed by atoms with Crippen LogP contribution in [0.1, 0.15) is 0 Å². The monoisotopic (exact) mass is 349 g/mol. The minimum absolute atomic E-state index is 0.502. The first kappa shape index (κ1) is 14.7. The zero-order valence-electron chi connectivity index (χ0n) is 12.1. The van der Waals surface area contributed by atoms with Gasteiger partial charge in [0.15, 0.2) is 0 Å². The number of hydrogen-bond acceptors (Lipinski definition) is 5. The van der Waals surface area contributed by atoms with Gasteiger partial charge in [-0.3, -0.25) is 0 Å². The number of morpholine rings is 1. The number of fused-ring (bicyclic) bond motifs is 1. The fourth-order valence-electron chi connectivity index (χ4n) is 2.55. The van der Waals surface area contributed by atoms with Gasteiger partial charge in [-0.25, -0.2) is 4.98 Å². The van der Waals surface area contributed by atoms with E-state index < -0.39 is 0 Å². The van der Waals surface area contributed by atoms with Crippen LogP contribution < -0.4 is 4.90 Å². The van der Waals surface area contributed by atoms with E-state index in [1.165, 1.54) is 0 Å². The van der Waals surface area contributed by atoms with Gasteiger partial charge in [-0.2, -0.15) is 9.50 Å². The van der Waals surface area contributed by atoms with Crippen LogP contribution in [0.25, 0.3) is 17.0 Å². The minimum atomic E-state index is 0.502. The molecule has 0 N–H and O–H groups in total. The second kappa shape index (κ2) is 5.96. The van der Waals surface area contributed by atoms with Crippen LogP contribution in [0.4, 0.5) is 5.95 Å². The molecule has 1 aliphatic rings. The molecule has 1 aromatic carbocycles. The fraction of sp³-hybridized carbons (Fsp3) is 0.267. The van der Waals surface area contributed by atoms with Crippen LogP contribution in [0.3, 0.4) is 0 Å². The summed E-state index contributed by atoms with van der Waals surface area (Å²) in [6, 6.07) is 7.36. The van der Waals surface area contributed by atoms with Crippen LogP contribution in [0.5, 0.6) is 0 Å². The first-order valence-electron chi connectivity index (χ1n) is 7.22. The summed E-state index contributed by atoms with van der Waals surface area (Å²) in [5, 5.41) is 5.63. The molecule has 3 heterocycles. The third kappa shape index (κ3) is 2.73. The van der Waals surface area contributed by atoms with E-state index in [1.807, 2.05) is 18.2 Å². The first-order valence-corrected chi connectivity index (χ1v) is 7.98. The number of benzene rings is 1. The van der Waals surface area contributed by atoms with Crippen LogP contribution in [-0.4, -0.2) is 45.9 Å². The van der Waals surface area contributed by atoms with E-state index in [2.05, 4.69) is 20.0 Å². The van der Waals surface area contributed by atoms with E-state index in [-0.39, 0.29) is 0 Å². The first-order chi connectivity index (χ1) is 11.2. The predicted octanol–water partition coefficient (Wildman–Crippen LogP) is 2.93. The molecule has 6 nitrogen and oxygen atoms in total. The lowest BCUT2D eigenvalue weighted by molar-refractivity contribution is 0.122. The fourth-order valence-corrected chi connectivity index (χ4v) is 2.85. The van der Waals surface area contributed by atoms with Crippen molar-refractivity contribution in [1.29, 1.82) is 0 Å². The number of nitrogens with zero attached hydrogens (tertiary/aromatic N) is 5. The van der Waals surface area contributed by atoms with E-state index in [0.717, 1.165) is 24.3 Å². The maximum absolute atomic E-state index is 6.13. The molecule has 0 spiro atoms. The molecular formula is C15H13Cl2N5O. The van der Waals surface area contributed by atoms with Gasteiger partial charge in [-0.15, -0.1) is 5.10 Å². The maximum Gasteiger partial charge on any atom is 0.254 e. The molecule has 118 valence electrons. The van der Waals surface area contributed by atoms with Crippen LogP contribution in [-0.2, 0) is 4.74 Å². The molecule has 1 aliphatic heterocycles. The van der Waals surface area contributed by atoms with Gasteiger partial charge in [0.1, 0.15) is 0 Å². The van der Waals surface area contributed by atoms with Gasteiger partial charge in [-0.1, -0.05) is 29.3 Å². The Balaban J connectivity index is 1.80. The lowest BCUT2D eigenvalue weighted by atomic mass is 10.1. The van der Waals surface area contributed by atoms with Crippen molar-refractivity contribution in [2.75, 3.05) is 31.2 Å². The molecule has 0 aliphatic carbocycles. The van der Waals surface area contributed by atoms with Gasteiger partial charge in [0.05, 0.1) is 29.0 Å². The van der Waals surface area contributed by atoms with E-state index in [1.54, 1.807) is 16.8 Å². The second-order valence-electron chi connectivity index (χ2n) is 5.18. The molecule has 8 heteroatoms. The van der Waals surface area contributed by atoms with Crippen molar-refractivity contribution in [3.8, 4) is 11.3 Å². The highest BCUT2D eigenvalue weighted by Gasteiger charge is 2.18. The Labute approximate surface area is 142 Å². The number of aromatic nitrogens is 4. The maximum atomic E-state index is 6.13. The Bertz CT molecular complexity index is 860. The Morgan fingerprint density at radius 2 is 1.87 bits per heavy atom. The molecule has 1 fully saturated rings. The predicted molar refractivity (Wildman–Crippen MR) is 89.3 cm³/mol. The van der Waals surface area contributed by atoms with E-state index >= 15 is 0 Å². The lowest BCUT2D eigenvalue weighted by Gasteiger charge is -2.25. The van der Waals surface area contributed by atoms with Gasteiger partial charge in [0.2, 0.25) is 5.95 Å². The van der Waals surface area contributed by atoms with Crippen molar-refractivity contribution in [1.82, 2.24) is 19.6 Å². The lowest BCUT2D eigenvalue weighted by Crippen LogP contribution is -2.36. The van der Waals surface area contributed by atoms with E-state index in [9.17, 15) is 0 Å². The quantitative estimate of drug-likeness (QED) is 0.711. The van der Waals surface area contributed by atoms with Crippen LogP contribution in [0, 0.1) is 0 Å². The Morgan fingerprint density at radius 3 is 2.65 bits per heavy atom. The van der Waals surface area contributed by atoms with E-state index in [0.29, 0.717) is 35.0 Å². The van der Waals surface area contributed by atoms with Gasteiger partial charge in [-0.05, 0) is 18.2 Å². The molecule has 0 unspecified atom stereocenters. The minimum Gasteiger partial charge on any atom is -0.378 e. The summed E-state index contributed by atoms with van der Waals surface area (Å²) in [4.78, 5) is 10.9. The zero-order valence-corrected chi connectivity index (χ0v) is 13.6. The van der Waals surface area contributed by atoms with Crippen molar-refractivity contribution >= 4 is 34.9 Å². The molecular weight excluding hydrogens is 337 g/mol. The molecule has 0 atom stereocenters. The van der Waals surface area contributed by atoms with Crippen LogP contribution >= 0.6 is 23.2 Å². The summed E-state index contributed by atoms with van der Waals surface area (Å²) in [5.74, 6) is 1.21. The summed E-state index contributed by atoms with van der Waals surface area (Å²) in [5.41, 5.74) is 1.77. The Morgan fingerprint density at radius 1 is 1.04 bits per heavy atom. The second-order valence-corrected chi connectivity index (χ2v) is 6.00. The standard InChI is InChI=1S/C15H13Cl2N5O/c16-11-2-1-10(9-12(11)17)13-3-4-18-14-19-15(20-22(13)14)21-5-7-23-8-6-21/h1-4,9H,5-8H2. The largest absolute Gasteiger partial charge is 0.378 e. The summed E-state index contributed by atoms with van der Waals surface area (Å²) < 4.78 is 7.09. The Kier molecular flexibility index (Phi) is 3.80. The highest BCUT2D eigenvalue weighted by Crippen LogP contribution is 2.28. The van der Waals surface area contributed by atoms with Crippen molar-refractivity contribution in [2.45, 2.75) is 0 Å².